The Balaban J connectivity index is 1.47. The normalized spacial score (nSPS) is 25.7. The van der Waals surface area contributed by atoms with Gasteiger partial charge in [0.15, 0.2) is 0 Å². The fourth-order valence-electron chi connectivity index (χ4n) is 3.28. The lowest BCUT2D eigenvalue weighted by atomic mass is 10.1. The molecule has 0 saturated carbocycles. The molecule has 126 valence electrons. The third-order valence-electron chi connectivity index (χ3n) is 4.63. The minimum atomic E-state index is -0.289. The summed E-state index contributed by atoms with van der Waals surface area (Å²) in [7, 11) is 0. The van der Waals surface area contributed by atoms with E-state index in [1.165, 1.54) is 5.56 Å². The quantitative estimate of drug-likeness (QED) is 0.904. The molecular weight excluding hydrogens is 314 g/mol. The van der Waals surface area contributed by atoms with Crippen molar-refractivity contribution in [3.63, 3.8) is 0 Å². The van der Waals surface area contributed by atoms with E-state index < -0.39 is 0 Å². The van der Waals surface area contributed by atoms with Gasteiger partial charge in [0.1, 0.15) is 6.10 Å². The third-order valence-corrected chi connectivity index (χ3v) is 4.86. The Morgan fingerprint density at radius 2 is 2.04 bits per heavy atom. The van der Waals surface area contributed by atoms with Crippen molar-refractivity contribution < 1.29 is 9.53 Å². The van der Waals surface area contributed by atoms with Crippen molar-refractivity contribution >= 4 is 17.5 Å². The van der Waals surface area contributed by atoms with Crippen molar-refractivity contribution in [2.45, 2.75) is 31.6 Å². The standard InChI is InChI=1S/C17H24ClN3O2/c18-14-3-1-2-13(10-14)12-20-6-8-21(9-7-20)17(22)16-5-4-15(11-19)23-16/h1-3,10,15-16H,4-9,11-12,19H2/t15-,16+/m1/s1. The van der Waals surface area contributed by atoms with Gasteiger partial charge in [0, 0.05) is 44.3 Å². The van der Waals surface area contributed by atoms with Crippen molar-refractivity contribution in [1.82, 2.24) is 9.80 Å². The molecule has 0 bridgehead atoms. The average molecular weight is 338 g/mol. The molecule has 2 aliphatic rings. The molecule has 0 aromatic heterocycles. The molecule has 2 atom stereocenters. The second kappa shape index (κ2) is 7.62. The van der Waals surface area contributed by atoms with Crippen LogP contribution in [0, 0.1) is 0 Å². The zero-order valence-corrected chi connectivity index (χ0v) is 14.0. The van der Waals surface area contributed by atoms with Crippen LogP contribution in [0.5, 0.6) is 0 Å². The Morgan fingerprint density at radius 1 is 1.26 bits per heavy atom. The number of carbonyl (C=O) groups excluding carboxylic acids is 1. The van der Waals surface area contributed by atoms with Gasteiger partial charge in [0.05, 0.1) is 6.10 Å². The number of carbonyl (C=O) groups is 1. The molecule has 5 nitrogen and oxygen atoms in total. The summed E-state index contributed by atoms with van der Waals surface area (Å²) >= 11 is 6.03. The van der Waals surface area contributed by atoms with Crippen LogP contribution in [0.2, 0.25) is 5.02 Å². The summed E-state index contributed by atoms with van der Waals surface area (Å²) in [5.41, 5.74) is 6.82. The molecule has 6 heteroatoms. The predicted molar refractivity (Wildman–Crippen MR) is 90.3 cm³/mol. The maximum absolute atomic E-state index is 12.5. The average Bonchev–Trinajstić information content (AvgIpc) is 3.04. The Morgan fingerprint density at radius 3 is 2.70 bits per heavy atom. The predicted octanol–water partition coefficient (Wildman–Crippen LogP) is 1.49. The highest BCUT2D eigenvalue weighted by molar-refractivity contribution is 6.30. The molecule has 2 saturated heterocycles. The number of rotatable bonds is 4. The van der Waals surface area contributed by atoms with E-state index in [4.69, 9.17) is 22.1 Å². The molecule has 0 unspecified atom stereocenters. The molecule has 0 aliphatic carbocycles. The molecule has 23 heavy (non-hydrogen) atoms. The second-order valence-electron chi connectivity index (χ2n) is 6.29. The zero-order valence-electron chi connectivity index (χ0n) is 13.3. The van der Waals surface area contributed by atoms with Crippen LogP contribution < -0.4 is 5.73 Å². The van der Waals surface area contributed by atoms with Crippen LogP contribution in [-0.2, 0) is 16.1 Å². The third kappa shape index (κ3) is 4.23. The zero-order chi connectivity index (χ0) is 16.2. The van der Waals surface area contributed by atoms with E-state index in [0.717, 1.165) is 50.6 Å². The van der Waals surface area contributed by atoms with Gasteiger partial charge in [-0.25, -0.2) is 0 Å². The fraction of sp³-hybridized carbons (Fsp3) is 0.588. The fourth-order valence-corrected chi connectivity index (χ4v) is 3.50. The van der Waals surface area contributed by atoms with E-state index in [9.17, 15) is 4.79 Å². The van der Waals surface area contributed by atoms with Crippen LogP contribution in [-0.4, -0.2) is 60.6 Å². The molecule has 1 aromatic carbocycles. The minimum Gasteiger partial charge on any atom is -0.364 e. The molecule has 1 aromatic rings. The Kier molecular flexibility index (Phi) is 5.54. The largest absolute Gasteiger partial charge is 0.364 e. The topological polar surface area (TPSA) is 58.8 Å². The first kappa shape index (κ1) is 16.7. The first-order chi connectivity index (χ1) is 11.2. The maximum Gasteiger partial charge on any atom is 0.251 e. The van der Waals surface area contributed by atoms with E-state index in [1.807, 2.05) is 23.1 Å². The summed E-state index contributed by atoms with van der Waals surface area (Å²) in [6.07, 6.45) is 1.45. The lowest BCUT2D eigenvalue weighted by Gasteiger charge is -2.35. The van der Waals surface area contributed by atoms with Gasteiger partial charge in [-0.15, -0.1) is 0 Å². The first-order valence-corrected chi connectivity index (χ1v) is 8.64. The number of hydrogen-bond donors (Lipinski definition) is 1. The van der Waals surface area contributed by atoms with Gasteiger partial charge < -0.3 is 15.4 Å². The molecule has 2 aliphatic heterocycles. The van der Waals surface area contributed by atoms with Gasteiger partial charge in [-0.2, -0.15) is 0 Å². The molecule has 2 N–H and O–H groups in total. The summed E-state index contributed by atoms with van der Waals surface area (Å²) in [5.74, 6) is 0.128. The molecule has 2 heterocycles. The van der Waals surface area contributed by atoms with E-state index in [-0.39, 0.29) is 18.1 Å². The van der Waals surface area contributed by atoms with Crippen molar-refractivity contribution in [2.75, 3.05) is 32.7 Å². The maximum atomic E-state index is 12.5. The van der Waals surface area contributed by atoms with Crippen LogP contribution >= 0.6 is 11.6 Å². The van der Waals surface area contributed by atoms with Gasteiger partial charge in [0.25, 0.3) is 5.91 Å². The number of nitrogens with zero attached hydrogens (tertiary/aromatic N) is 2. The number of nitrogens with two attached hydrogens (primary N) is 1. The molecule has 0 spiro atoms. The van der Waals surface area contributed by atoms with Crippen LogP contribution in [0.25, 0.3) is 0 Å². The van der Waals surface area contributed by atoms with Crippen molar-refractivity contribution in [1.29, 1.82) is 0 Å². The lowest BCUT2D eigenvalue weighted by molar-refractivity contribution is -0.144. The lowest BCUT2D eigenvalue weighted by Crippen LogP contribution is -2.51. The number of ether oxygens (including phenoxy) is 1. The van der Waals surface area contributed by atoms with Gasteiger partial charge in [-0.1, -0.05) is 23.7 Å². The van der Waals surface area contributed by atoms with Gasteiger partial charge in [-0.3, -0.25) is 9.69 Å². The Hall–Kier alpha value is -1.14. The highest BCUT2D eigenvalue weighted by atomic mass is 35.5. The van der Waals surface area contributed by atoms with E-state index in [1.54, 1.807) is 0 Å². The SMILES string of the molecule is NC[C@H]1CC[C@@H](C(=O)N2CCN(Cc3cccc(Cl)c3)CC2)O1. The second-order valence-corrected chi connectivity index (χ2v) is 6.73. The van der Waals surface area contributed by atoms with Crippen molar-refractivity contribution in [2.24, 2.45) is 5.73 Å². The van der Waals surface area contributed by atoms with Gasteiger partial charge >= 0.3 is 0 Å². The monoisotopic (exact) mass is 337 g/mol. The highest BCUT2D eigenvalue weighted by Crippen LogP contribution is 2.21. The molecular formula is C17H24ClN3O2. The van der Waals surface area contributed by atoms with Crippen LogP contribution in [0.1, 0.15) is 18.4 Å². The molecule has 2 fully saturated rings. The van der Waals surface area contributed by atoms with Crippen molar-refractivity contribution in [3.05, 3.63) is 34.9 Å². The van der Waals surface area contributed by atoms with Crippen LogP contribution in [0.15, 0.2) is 24.3 Å². The van der Waals surface area contributed by atoms with Crippen LogP contribution in [0.4, 0.5) is 0 Å². The Bertz CT molecular complexity index is 546. The number of benzene rings is 1. The van der Waals surface area contributed by atoms with Gasteiger partial charge in [-0.05, 0) is 30.5 Å². The molecule has 0 radical (unpaired) electrons. The van der Waals surface area contributed by atoms with Crippen LogP contribution in [0.3, 0.4) is 0 Å². The number of piperazine rings is 1. The van der Waals surface area contributed by atoms with E-state index >= 15 is 0 Å². The molecule has 3 rings (SSSR count). The van der Waals surface area contributed by atoms with E-state index in [2.05, 4.69) is 11.0 Å². The minimum absolute atomic E-state index is 0.0491. The number of hydrogen-bond acceptors (Lipinski definition) is 4. The first-order valence-electron chi connectivity index (χ1n) is 8.27. The summed E-state index contributed by atoms with van der Waals surface area (Å²) in [4.78, 5) is 16.8. The summed E-state index contributed by atoms with van der Waals surface area (Å²) in [6.45, 7) is 4.64. The van der Waals surface area contributed by atoms with E-state index in [0.29, 0.717) is 6.54 Å². The summed E-state index contributed by atoms with van der Waals surface area (Å²) in [5, 5.41) is 0.768. The highest BCUT2D eigenvalue weighted by Gasteiger charge is 2.34. The smallest absolute Gasteiger partial charge is 0.251 e. The van der Waals surface area contributed by atoms with Crippen molar-refractivity contribution in [3.8, 4) is 0 Å². The number of amides is 1. The Labute approximate surface area is 142 Å². The summed E-state index contributed by atoms with van der Waals surface area (Å²) < 4.78 is 5.72. The summed E-state index contributed by atoms with van der Waals surface area (Å²) in [6, 6.07) is 7.95. The molecule has 1 amide bonds. The number of halogens is 1. The van der Waals surface area contributed by atoms with Gasteiger partial charge in [0.2, 0.25) is 0 Å².